The molecule has 0 aromatic heterocycles. The SMILES string of the molecule is CN1CC(C(=O)N(CCCN2CCC(Cc3ccccc3)CC2)c2cccc(-c3ccccc3)c2)CC1=O. The minimum atomic E-state index is -0.276. The lowest BCUT2D eigenvalue weighted by Crippen LogP contribution is -2.40. The smallest absolute Gasteiger partial charge is 0.232 e. The summed E-state index contributed by atoms with van der Waals surface area (Å²) < 4.78 is 0. The van der Waals surface area contributed by atoms with Gasteiger partial charge in [0.1, 0.15) is 0 Å². The third-order valence-corrected chi connectivity index (χ3v) is 8.15. The van der Waals surface area contributed by atoms with Gasteiger partial charge < -0.3 is 14.7 Å². The second-order valence-electron chi connectivity index (χ2n) is 10.9. The van der Waals surface area contributed by atoms with E-state index in [1.807, 2.05) is 35.2 Å². The molecular weight excluding hydrogens is 470 g/mol. The van der Waals surface area contributed by atoms with E-state index in [2.05, 4.69) is 59.5 Å². The number of piperidine rings is 1. The first kappa shape index (κ1) is 26.2. The average Bonchev–Trinajstić information content (AvgIpc) is 3.30. The van der Waals surface area contributed by atoms with E-state index in [4.69, 9.17) is 0 Å². The zero-order chi connectivity index (χ0) is 26.3. The number of likely N-dealkylation sites (tertiary alicyclic amines) is 2. The standard InChI is InChI=1S/C33H39N3O2/c1-34-25-30(24-32(34)37)33(38)36(31-15-8-14-29(23-31)28-12-6-3-7-13-28)19-9-18-35-20-16-27(17-21-35)22-26-10-4-2-5-11-26/h2-8,10-15,23,27,30H,9,16-22,24-25H2,1H3. The zero-order valence-corrected chi connectivity index (χ0v) is 22.5. The van der Waals surface area contributed by atoms with Gasteiger partial charge in [-0.2, -0.15) is 0 Å². The molecular formula is C33H39N3O2. The summed E-state index contributed by atoms with van der Waals surface area (Å²) >= 11 is 0. The highest BCUT2D eigenvalue weighted by Crippen LogP contribution is 2.28. The van der Waals surface area contributed by atoms with Crippen LogP contribution in [0, 0.1) is 11.8 Å². The number of rotatable bonds is 9. The number of amides is 2. The molecule has 0 N–H and O–H groups in total. The summed E-state index contributed by atoms with van der Waals surface area (Å²) in [5.41, 5.74) is 4.59. The minimum absolute atomic E-state index is 0.0553. The van der Waals surface area contributed by atoms with E-state index in [9.17, 15) is 9.59 Å². The van der Waals surface area contributed by atoms with Gasteiger partial charge in [-0.3, -0.25) is 9.59 Å². The number of carbonyl (C=O) groups is 2. The van der Waals surface area contributed by atoms with Crippen LogP contribution < -0.4 is 4.90 Å². The molecule has 5 heteroatoms. The fraction of sp³-hybridized carbons (Fsp3) is 0.394. The van der Waals surface area contributed by atoms with Crippen molar-refractivity contribution in [2.75, 3.05) is 44.7 Å². The van der Waals surface area contributed by atoms with Crippen molar-refractivity contribution in [2.45, 2.75) is 32.1 Å². The van der Waals surface area contributed by atoms with Gasteiger partial charge in [-0.25, -0.2) is 0 Å². The van der Waals surface area contributed by atoms with Crippen LogP contribution >= 0.6 is 0 Å². The largest absolute Gasteiger partial charge is 0.345 e. The average molecular weight is 510 g/mol. The first-order valence-corrected chi connectivity index (χ1v) is 14.0. The Morgan fingerprint density at radius 1 is 0.895 bits per heavy atom. The summed E-state index contributed by atoms with van der Waals surface area (Å²) in [6.07, 6.45) is 4.85. The Morgan fingerprint density at radius 3 is 2.26 bits per heavy atom. The summed E-state index contributed by atoms with van der Waals surface area (Å²) in [7, 11) is 1.79. The minimum Gasteiger partial charge on any atom is -0.345 e. The number of hydrogen-bond donors (Lipinski definition) is 0. The third-order valence-electron chi connectivity index (χ3n) is 8.15. The van der Waals surface area contributed by atoms with E-state index < -0.39 is 0 Å². The molecule has 198 valence electrons. The second-order valence-corrected chi connectivity index (χ2v) is 10.9. The summed E-state index contributed by atoms with van der Waals surface area (Å²) in [6, 6.07) is 29.4. The number of benzene rings is 3. The molecule has 0 radical (unpaired) electrons. The molecule has 0 saturated carbocycles. The summed E-state index contributed by atoms with van der Waals surface area (Å²) in [5, 5.41) is 0. The predicted molar refractivity (Wildman–Crippen MR) is 154 cm³/mol. The van der Waals surface area contributed by atoms with Gasteiger partial charge in [0.25, 0.3) is 0 Å². The van der Waals surface area contributed by atoms with Crippen LogP contribution in [-0.2, 0) is 16.0 Å². The molecule has 2 saturated heterocycles. The molecule has 2 amide bonds. The van der Waals surface area contributed by atoms with Crippen molar-refractivity contribution in [1.29, 1.82) is 0 Å². The van der Waals surface area contributed by atoms with Gasteiger partial charge in [-0.1, -0.05) is 72.8 Å². The van der Waals surface area contributed by atoms with Crippen LogP contribution in [0.4, 0.5) is 5.69 Å². The molecule has 5 nitrogen and oxygen atoms in total. The molecule has 0 aliphatic carbocycles. The van der Waals surface area contributed by atoms with Crippen LogP contribution in [0.15, 0.2) is 84.9 Å². The van der Waals surface area contributed by atoms with Crippen molar-refractivity contribution in [2.24, 2.45) is 11.8 Å². The number of hydrogen-bond acceptors (Lipinski definition) is 3. The lowest BCUT2D eigenvalue weighted by Gasteiger charge is -2.33. The normalized spacial score (nSPS) is 18.6. The molecule has 2 fully saturated rings. The van der Waals surface area contributed by atoms with Crippen LogP contribution in [0.1, 0.15) is 31.2 Å². The van der Waals surface area contributed by atoms with E-state index in [-0.39, 0.29) is 17.7 Å². The van der Waals surface area contributed by atoms with Gasteiger partial charge in [0.05, 0.1) is 5.92 Å². The van der Waals surface area contributed by atoms with Crippen LogP contribution in [-0.4, -0.2) is 61.4 Å². The molecule has 2 aliphatic heterocycles. The van der Waals surface area contributed by atoms with Crippen molar-refractivity contribution < 1.29 is 9.59 Å². The first-order valence-electron chi connectivity index (χ1n) is 14.0. The molecule has 2 heterocycles. The molecule has 3 aromatic rings. The van der Waals surface area contributed by atoms with E-state index in [1.54, 1.807) is 11.9 Å². The highest BCUT2D eigenvalue weighted by Gasteiger charge is 2.35. The van der Waals surface area contributed by atoms with Crippen LogP contribution in [0.25, 0.3) is 11.1 Å². The number of carbonyl (C=O) groups excluding carboxylic acids is 2. The van der Waals surface area contributed by atoms with Gasteiger partial charge in [0, 0.05) is 32.2 Å². The third kappa shape index (κ3) is 6.51. The van der Waals surface area contributed by atoms with Crippen molar-refractivity contribution >= 4 is 17.5 Å². The van der Waals surface area contributed by atoms with Crippen molar-refractivity contribution in [3.63, 3.8) is 0 Å². The quantitative estimate of drug-likeness (QED) is 0.382. The maximum Gasteiger partial charge on any atom is 0.232 e. The zero-order valence-electron chi connectivity index (χ0n) is 22.5. The first-order chi connectivity index (χ1) is 18.6. The van der Waals surface area contributed by atoms with Crippen molar-refractivity contribution in [1.82, 2.24) is 9.80 Å². The second kappa shape index (κ2) is 12.4. The number of nitrogens with zero attached hydrogens (tertiary/aromatic N) is 3. The Kier molecular flexibility index (Phi) is 8.54. The van der Waals surface area contributed by atoms with Crippen molar-refractivity contribution in [3.05, 3.63) is 90.5 Å². The Balaban J connectivity index is 1.22. The van der Waals surface area contributed by atoms with Gasteiger partial charge in [0.2, 0.25) is 11.8 Å². The van der Waals surface area contributed by atoms with E-state index >= 15 is 0 Å². The maximum atomic E-state index is 13.7. The molecule has 2 aliphatic rings. The van der Waals surface area contributed by atoms with E-state index in [0.29, 0.717) is 19.5 Å². The van der Waals surface area contributed by atoms with Gasteiger partial charge in [0.15, 0.2) is 0 Å². The monoisotopic (exact) mass is 509 g/mol. The lowest BCUT2D eigenvalue weighted by molar-refractivity contribution is -0.127. The topological polar surface area (TPSA) is 43.9 Å². The summed E-state index contributed by atoms with van der Waals surface area (Å²) in [4.78, 5) is 32.1. The molecule has 0 bridgehead atoms. The Labute approximate surface area is 227 Å². The van der Waals surface area contributed by atoms with Gasteiger partial charge >= 0.3 is 0 Å². The summed E-state index contributed by atoms with van der Waals surface area (Å²) in [5.74, 6) is 0.597. The molecule has 3 aromatic carbocycles. The molecule has 0 spiro atoms. The fourth-order valence-electron chi connectivity index (χ4n) is 5.91. The molecule has 38 heavy (non-hydrogen) atoms. The van der Waals surface area contributed by atoms with E-state index in [1.165, 1.54) is 24.8 Å². The van der Waals surface area contributed by atoms with Crippen LogP contribution in [0.5, 0.6) is 0 Å². The molecule has 1 atom stereocenters. The summed E-state index contributed by atoms with van der Waals surface area (Å²) in [6.45, 7) is 4.40. The Morgan fingerprint density at radius 2 is 1.58 bits per heavy atom. The predicted octanol–water partition coefficient (Wildman–Crippen LogP) is 5.51. The van der Waals surface area contributed by atoms with Gasteiger partial charge in [-0.15, -0.1) is 0 Å². The Bertz CT molecular complexity index is 1210. The van der Waals surface area contributed by atoms with Crippen LogP contribution in [0.3, 0.4) is 0 Å². The van der Waals surface area contributed by atoms with Gasteiger partial charge in [-0.05, 0) is 80.1 Å². The highest BCUT2D eigenvalue weighted by atomic mass is 16.2. The maximum absolute atomic E-state index is 13.7. The fourth-order valence-corrected chi connectivity index (χ4v) is 5.91. The van der Waals surface area contributed by atoms with E-state index in [0.717, 1.165) is 48.8 Å². The lowest BCUT2D eigenvalue weighted by atomic mass is 9.90. The molecule has 1 unspecified atom stereocenters. The highest BCUT2D eigenvalue weighted by molar-refractivity contribution is 5.99. The van der Waals surface area contributed by atoms with Crippen LogP contribution in [0.2, 0.25) is 0 Å². The number of anilines is 1. The Hall–Kier alpha value is -3.44. The van der Waals surface area contributed by atoms with Crippen molar-refractivity contribution in [3.8, 4) is 11.1 Å². The molecule has 5 rings (SSSR count).